The van der Waals surface area contributed by atoms with Gasteiger partial charge >= 0.3 is 0 Å². The third kappa shape index (κ3) is 2.95. The van der Waals surface area contributed by atoms with Crippen LogP contribution in [-0.4, -0.2) is 11.6 Å². The summed E-state index contributed by atoms with van der Waals surface area (Å²) >= 11 is 1.38. The number of nitrogens with two attached hydrogens (primary N) is 1. The maximum absolute atomic E-state index is 11.7. The van der Waals surface area contributed by atoms with Crippen LogP contribution in [0.5, 0.6) is 0 Å². The number of nitrogens with zero attached hydrogens (tertiary/aromatic N) is 1. The zero-order valence-corrected chi connectivity index (χ0v) is 10.7. The highest BCUT2D eigenvalue weighted by atomic mass is 32.1. The SMILES string of the molecule is C/C(=N/NC(=O)c1cccs1)c1ccc(N)cc1. The van der Waals surface area contributed by atoms with Gasteiger partial charge in [0.15, 0.2) is 0 Å². The van der Waals surface area contributed by atoms with Crippen molar-refractivity contribution in [1.29, 1.82) is 0 Å². The molecule has 0 aliphatic heterocycles. The molecule has 1 heterocycles. The molecule has 0 bridgehead atoms. The highest BCUT2D eigenvalue weighted by Crippen LogP contribution is 2.09. The van der Waals surface area contributed by atoms with Crippen LogP contribution in [0.2, 0.25) is 0 Å². The molecule has 1 aromatic carbocycles. The standard InChI is InChI=1S/C13H13N3OS/c1-9(10-4-6-11(14)7-5-10)15-16-13(17)12-3-2-8-18-12/h2-8H,14H2,1H3,(H,16,17)/b15-9-. The number of amides is 1. The summed E-state index contributed by atoms with van der Waals surface area (Å²) in [5.74, 6) is -0.195. The van der Waals surface area contributed by atoms with E-state index in [0.29, 0.717) is 10.6 Å². The molecule has 0 radical (unpaired) electrons. The Morgan fingerprint density at radius 1 is 1.28 bits per heavy atom. The van der Waals surface area contributed by atoms with E-state index in [0.717, 1.165) is 11.3 Å². The minimum absolute atomic E-state index is 0.195. The van der Waals surface area contributed by atoms with E-state index in [1.165, 1.54) is 11.3 Å². The van der Waals surface area contributed by atoms with Gasteiger partial charge in [-0.2, -0.15) is 5.10 Å². The van der Waals surface area contributed by atoms with Crippen molar-refractivity contribution < 1.29 is 4.79 Å². The smallest absolute Gasteiger partial charge is 0.281 e. The second-order valence-electron chi connectivity index (χ2n) is 3.74. The lowest BCUT2D eigenvalue weighted by molar-refractivity contribution is 0.0959. The van der Waals surface area contributed by atoms with Gasteiger partial charge in [0.1, 0.15) is 0 Å². The number of thiophene rings is 1. The van der Waals surface area contributed by atoms with Crippen molar-refractivity contribution in [3.63, 3.8) is 0 Å². The lowest BCUT2D eigenvalue weighted by atomic mass is 10.1. The van der Waals surface area contributed by atoms with Crippen LogP contribution in [0.1, 0.15) is 22.2 Å². The summed E-state index contributed by atoms with van der Waals surface area (Å²) in [5.41, 5.74) is 10.5. The number of rotatable bonds is 3. The van der Waals surface area contributed by atoms with Gasteiger partial charge in [0.05, 0.1) is 10.6 Å². The number of carbonyl (C=O) groups excluding carboxylic acids is 1. The molecule has 0 aliphatic carbocycles. The van der Waals surface area contributed by atoms with Crippen molar-refractivity contribution in [3.8, 4) is 0 Å². The zero-order valence-electron chi connectivity index (χ0n) is 9.88. The fourth-order valence-electron chi connectivity index (χ4n) is 1.39. The van der Waals surface area contributed by atoms with Crippen molar-refractivity contribution >= 4 is 28.6 Å². The Kier molecular flexibility index (Phi) is 3.74. The van der Waals surface area contributed by atoms with E-state index < -0.39 is 0 Å². The Morgan fingerprint density at radius 3 is 2.61 bits per heavy atom. The second-order valence-corrected chi connectivity index (χ2v) is 4.69. The van der Waals surface area contributed by atoms with Crippen LogP contribution in [0.25, 0.3) is 0 Å². The Morgan fingerprint density at radius 2 is 2.00 bits per heavy atom. The van der Waals surface area contributed by atoms with Crippen molar-refractivity contribution in [3.05, 3.63) is 52.2 Å². The zero-order chi connectivity index (χ0) is 13.0. The fourth-order valence-corrected chi connectivity index (χ4v) is 2.00. The van der Waals surface area contributed by atoms with Gasteiger partial charge in [-0.05, 0) is 36.1 Å². The first kappa shape index (κ1) is 12.3. The predicted molar refractivity (Wildman–Crippen MR) is 74.9 cm³/mol. The van der Waals surface area contributed by atoms with E-state index in [1.54, 1.807) is 18.2 Å². The minimum Gasteiger partial charge on any atom is -0.399 e. The first-order valence-corrected chi connectivity index (χ1v) is 6.29. The van der Waals surface area contributed by atoms with Gasteiger partial charge in [-0.3, -0.25) is 4.79 Å². The van der Waals surface area contributed by atoms with Crippen LogP contribution in [-0.2, 0) is 0 Å². The molecule has 0 saturated carbocycles. The highest BCUT2D eigenvalue weighted by molar-refractivity contribution is 7.12. The maximum atomic E-state index is 11.7. The summed E-state index contributed by atoms with van der Waals surface area (Å²) in [6.45, 7) is 1.83. The molecular weight excluding hydrogens is 246 g/mol. The van der Waals surface area contributed by atoms with Crippen LogP contribution in [0.3, 0.4) is 0 Å². The lowest BCUT2D eigenvalue weighted by Crippen LogP contribution is -2.18. The van der Waals surface area contributed by atoms with E-state index >= 15 is 0 Å². The summed E-state index contributed by atoms with van der Waals surface area (Å²) in [4.78, 5) is 12.3. The van der Waals surface area contributed by atoms with Gasteiger partial charge < -0.3 is 5.73 Å². The van der Waals surface area contributed by atoms with Crippen molar-refractivity contribution in [2.45, 2.75) is 6.92 Å². The van der Waals surface area contributed by atoms with Gasteiger partial charge in [-0.15, -0.1) is 11.3 Å². The number of anilines is 1. The van der Waals surface area contributed by atoms with Gasteiger partial charge in [0, 0.05) is 5.69 Å². The molecule has 18 heavy (non-hydrogen) atoms. The minimum atomic E-state index is -0.195. The van der Waals surface area contributed by atoms with Gasteiger partial charge in [0.2, 0.25) is 0 Å². The van der Waals surface area contributed by atoms with E-state index in [-0.39, 0.29) is 5.91 Å². The normalized spacial score (nSPS) is 11.3. The summed E-state index contributed by atoms with van der Waals surface area (Å²) in [7, 11) is 0. The van der Waals surface area contributed by atoms with Crippen LogP contribution >= 0.6 is 11.3 Å². The molecule has 1 aromatic heterocycles. The fraction of sp³-hybridized carbons (Fsp3) is 0.0769. The number of benzene rings is 1. The second kappa shape index (κ2) is 5.46. The average molecular weight is 259 g/mol. The highest BCUT2D eigenvalue weighted by Gasteiger charge is 2.05. The van der Waals surface area contributed by atoms with Crippen molar-refractivity contribution in [2.24, 2.45) is 5.10 Å². The van der Waals surface area contributed by atoms with Crippen LogP contribution in [0.15, 0.2) is 46.9 Å². The van der Waals surface area contributed by atoms with Crippen LogP contribution in [0.4, 0.5) is 5.69 Å². The number of hydrogen-bond acceptors (Lipinski definition) is 4. The van der Waals surface area contributed by atoms with Gasteiger partial charge in [-0.25, -0.2) is 5.43 Å². The van der Waals surface area contributed by atoms with Crippen LogP contribution < -0.4 is 11.2 Å². The number of nitrogen functional groups attached to an aromatic ring is 1. The quantitative estimate of drug-likeness (QED) is 0.505. The number of hydrogen-bond donors (Lipinski definition) is 2. The Bertz CT molecular complexity index is 558. The molecule has 0 saturated heterocycles. The van der Waals surface area contributed by atoms with Crippen molar-refractivity contribution in [1.82, 2.24) is 5.43 Å². The third-order valence-electron chi connectivity index (χ3n) is 2.40. The molecule has 5 heteroatoms. The summed E-state index contributed by atoms with van der Waals surface area (Å²) in [5, 5.41) is 5.92. The van der Waals surface area contributed by atoms with Gasteiger partial charge in [0.25, 0.3) is 5.91 Å². The molecule has 3 N–H and O–H groups in total. The Labute approximate surface area is 109 Å². The molecule has 92 valence electrons. The Hall–Kier alpha value is -2.14. The molecule has 2 aromatic rings. The molecule has 0 atom stereocenters. The molecule has 4 nitrogen and oxygen atoms in total. The molecule has 0 spiro atoms. The molecule has 0 aliphatic rings. The van der Waals surface area contributed by atoms with Crippen molar-refractivity contribution in [2.75, 3.05) is 5.73 Å². The van der Waals surface area contributed by atoms with E-state index in [9.17, 15) is 4.79 Å². The summed E-state index contributed by atoms with van der Waals surface area (Å²) in [6.07, 6.45) is 0. The maximum Gasteiger partial charge on any atom is 0.281 e. The van der Waals surface area contributed by atoms with Gasteiger partial charge in [-0.1, -0.05) is 18.2 Å². The first-order chi connectivity index (χ1) is 8.66. The lowest BCUT2D eigenvalue weighted by Gasteiger charge is -2.02. The van der Waals surface area contributed by atoms with E-state index in [1.807, 2.05) is 30.5 Å². The summed E-state index contributed by atoms with van der Waals surface area (Å²) < 4.78 is 0. The van der Waals surface area contributed by atoms with E-state index in [4.69, 9.17) is 5.73 Å². The molecule has 0 fully saturated rings. The third-order valence-corrected chi connectivity index (χ3v) is 3.27. The average Bonchev–Trinajstić information content (AvgIpc) is 2.90. The van der Waals surface area contributed by atoms with Crippen LogP contribution in [0, 0.1) is 0 Å². The molecule has 1 amide bonds. The Balaban J connectivity index is 2.05. The first-order valence-electron chi connectivity index (χ1n) is 5.41. The molecule has 0 unspecified atom stereocenters. The largest absolute Gasteiger partial charge is 0.399 e. The monoisotopic (exact) mass is 259 g/mol. The van der Waals surface area contributed by atoms with E-state index in [2.05, 4.69) is 10.5 Å². The number of carbonyl (C=O) groups is 1. The number of hydrazone groups is 1. The molecular formula is C13H13N3OS. The predicted octanol–water partition coefficient (Wildman–Crippen LogP) is 2.48. The molecule has 2 rings (SSSR count). The topological polar surface area (TPSA) is 67.5 Å². The number of nitrogens with one attached hydrogen (secondary N) is 1. The summed E-state index contributed by atoms with van der Waals surface area (Å²) in [6, 6.07) is 10.9.